The smallest absolute Gasteiger partial charge is 0.260 e. The number of aromatic amines is 1. The number of amides is 1. The lowest BCUT2D eigenvalue weighted by atomic mass is 9.93. The van der Waals surface area contributed by atoms with Gasteiger partial charge in [-0.1, -0.05) is 6.07 Å². The Morgan fingerprint density at radius 2 is 2.08 bits per heavy atom. The average Bonchev–Trinajstić information content (AvgIpc) is 3.39. The topological polar surface area (TPSA) is 75.3 Å². The second-order valence-electron chi connectivity index (χ2n) is 7.23. The summed E-state index contributed by atoms with van der Waals surface area (Å²) in [6.07, 6.45) is 5.84. The number of nitrogens with one attached hydrogen (secondary N) is 1. The summed E-state index contributed by atoms with van der Waals surface area (Å²) in [7, 11) is 0. The van der Waals surface area contributed by atoms with Gasteiger partial charge in [0.1, 0.15) is 5.56 Å². The second kappa shape index (κ2) is 7.41. The number of hydrogen-bond acceptors (Lipinski definition) is 4. The van der Waals surface area contributed by atoms with Crippen LogP contribution in [0.5, 0.6) is 0 Å². The largest absolute Gasteiger partial charge is 0.381 e. The van der Waals surface area contributed by atoms with Crippen molar-refractivity contribution < 1.29 is 9.53 Å². The number of aromatic nitrogens is 2. The van der Waals surface area contributed by atoms with Gasteiger partial charge in [0.15, 0.2) is 0 Å². The summed E-state index contributed by atoms with van der Waals surface area (Å²) in [5, 5.41) is 0. The van der Waals surface area contributed by atoms with Crippen molar-refractivity contribution >= 4 is 5.91 Å². The Morgan fingerprint density at radius 3 is 2.81 bits per heavy atom. The highest BCUT2D eigenvalue weighted by molar-refractivity contribution is 5.94. The normalized spacial score (nSPS) is 22.5. The predicted octanol–water partition coefficient (Wildman–Crippen LogP) is 2.05. The monoisotopic (exact) mass is 353 g/mol. The molecule has 6 heteroatoms. The molecule has 1 N–H and O–H groups in total. The quantitative estimate of drug-likeness (QED) is 0.862. The molecule has 1 saturated heterocycles. The molecule has 1 saturated carbocycles. The number of pyridine rings is 2. The molecule has 6 nitrogen and oxygen atoms in total. The molecule has 0 aromatic carbocycles. The summed E-state index contributed by atoms with van der Waals surface area (Å²) in [6, 6.07) is 9.12. The Labute approximate surface area is 152 Å². The van der Waals surface area contributed by atoms with Crippen LogP contribution in [0.2, 0.25) is 0 Å². The predicted molar refractivity (Wildman–Crippen MR) is 97.0 cm³/mol. The summed E-state index contributed by atoms with van der Waals surface area (Å²) in [4.78, 5) is 33.6. The lowest BCUT2D eigenvalue weighted by molar-refractivity contribution is 0.0738. The first-order chi connectivity index (χ1) is 12.7. The van der Waals surface area contributed by atoms with Crippen molar-refractivity contribution in [2.24, 2.45) is 11.8 Å². The molecule has 0 spiro atoms. The van der Waals surface area contributed by atoms with Gasteiger partial charge in [0.05, 0.1) is 6.61 Å². The minimum Gasteiger partial charge on any atom is -0.381 e. The van der Waals surface area contributed by atoms with E-state index in [2.05, 4.69) is 9.97 Å². The Kier molecular flexibility index (Phi) is 4.84. The molecule has 4 rings (SSSR count). The minimum atomic E-state index is -0.347. The van der Waals surface area contributed by atoms with Crippen LogP contribution in [-0.2, 0) is 4.74 Å². The van der Waals surface area contributed by atoms with Crippen LogP contribution in [0.4, 0.5) is 0 Å². The molecular weight excluding hydrogens is 330 g/mol. The van der Waals surface area contributed by atoms with Gasteiger partial charge in [-0.25, -0.2) is 0 Å². The standard InChI is InChI=1S/C20H23N3O3/c24-19-16(4-3-9-22-19)20(25)23-10-15(13-26-12-14-6-7-14)17(11-23)18-5-1-2-8-21-18/h1-5,8-9,14-15,17H,6-7,10-13H2,(H,22,24)/t15-,17+/m0/s1. The average molecular weight is 353 g/mol. The molecule has 2 aromatic rings. The summed E-state index contributed by atoms with van der Waals surface area (Å²) < 4.78 is 5.92. The van der Waals surface area contributed by atoms with Gasteiger partial charge in [0, 0.05) is 49.6 Å². The lowest BCUT2D eigenvalue weighted by Gasteiger charge is -2.17. The zero-order chi connectivity index (χ0) is 17.9. The highest BCUT2D eigenvalue weighted by Gasteiger charge is 2.38. The highest BCUT2D eigenvalue weighted by Crippen LogP contribution is 2.34. The third-order valence-electron chi connectivity index (χ3n) is 5.23. The van der Waals surface area contributed by atoms with Gasteiger partial charge in [-0.15, -0.1) is 0 Å². The Bertz CT molecular complexity index is 816. The Balaban J connectivity index is 1.51. The van der Waals surface area contributed by atoms with E-state index in [-0.39, 0.29) is 28.9 Å². The summed E-state index contributed by atoms with van der Waals surface area (Å²) >= 11 is 0. The van der Waals surface area contributed by atoms with Crippen molar-refractivity contribution in [3.05, 3.63) is 64.3 Å². The van der Waals surface area contributed by atoms with E-state index in [1.807, 2.05) is 18.2 Å². The first-order valence-electron chi connectivity index (χ1n) is 9.18. The van der Waals surface area contributed by atoms with Crippen molar-refractivity contribution in [3.63, 3.8) is 0 Å². The van der Waals surface area contributed by atoms with Gasteiger partial charge in [0.25, 0.3) is 11.5 Å². The van der Waals surface area contributed by atoms with Gasteiger partial charge < -0.3 is 14.6 Å². The van der Waals surface area contributed by atoms with Gasteiger partial charge >= 0.3 is 0 Å². The second-order valence-corrected chi connectivity index (χ2v) is 7.23. The molecule has 1 amide bonds. The number of nitrogens with zero attached hydrogens (tertiary/aromatic N) is 2. The molecule has 0 bridgehead atoms. The first-order valence-corrected chi connectivity index (χ1v) is 9.18. The fourth-order valence-corrected chi connectivity index (χ4v) is 3.57. The molecule has 0 radical (unpaired) electrons. The van der Waals surface area contributed by atoms with Crippen LogP contribution < -0.4 is 5.56 Å². The zero-order valence-corrected chi connectivity index (χ0v) is 14.6. The Hall–Kier alpha value is -2.47. The molecule has 3 heterocycles. The number of hydrogen-bond donors (Lipinski definition) is 1. The number of likely N-dealkylation sites (tertiary alicyclic amines) is 1. The molecular formula is C20H23N3O3. The summed E-state index contributed by atoms with van der Waals surface area (Å²) in [5.41, 5.74) is 0.817. The molecule has 2 atom stereocenters. The van der Waals surface area contributed by atoms with E-state index in [1.54, 1.807) is 23.2 Å². The van der Waals surface area contributed by atoms with Gasteiger partial charge in [0.2, 0.25) is 0 Å². The molecule has 2 fully saturated rings. The van der Waals surface area contributed by atoms with E-state index >= 15 is 0 Å². The lowest BCUT2D eigenvalue weighted by Crippen LogP contribution is -2.33. The fraction of sp³-hybridized carbons (Fsp3) is 0.450. The number of carbonyl (C=O) groups excluding carboxylic acids is 1. The van der Waals surface area contributed by atoms with E-state index in [1.165, 1.54) is 19.0 Å². The van der Waals surface area contributed by atoms with Crippen LogP contribution in [0.25, 0.3) is 0 Å². The number of ether oxygens (including phenoxy) is 1. The van der Waals surface area contributed by atoms with Gasteiger partial charge in [-0.05, 0) is 43.0 Å². The summed E-state index contributed by atoms with van der Waals surface area (Å²) in [6.45, 7) is 2.56. The van der Waals surface area contributed by atoms with E-state index in [9.17, 15) is 9.59 Å². The molecule has 2 aromatic heterocycles. The number of H-pyrrole nitrogens is 1. The molecule has 26 heavy (non-hydrogen) atoms. The van der Waals surface area contributed by atoms with Crippen molar-refractivity contribution in [3.8, 4) is 0 Å². The van der Waals surface area contributed by atoms with Crippen LogP contribution in [0.3, 0.4) is 0 Å². The van der Waals surface area contributed by atoms with Crippen LogP contribution in [0.1, 0.15) is 34.8 Å². The maximum atomic E-state index is 12.8. The van der Waals surface area contributed by atoms with Crippen LogP contribution >= 0.6 is 0 Å². The minimum absolute atomic E-state index is 0.127. The van der Waals surface area contributed by atoms with Gasteiger partial charge in [-0.2, -0.15) is 0 Å². The molecule has 136 valence electrons. The zero-order valence-electron chi connectivity index (χ0n) is 14.6. The van der Waals surface area contributed by atoms with E-state index < -0.39 is 0 Å². The molecule has 1 aliphatic carbocycles. The Morgan fingerprint density at radius 1 is 1.19 bits per heavy atom. The fourth-order valence-electron chi connectivity index (χ4n) is 3.57. The highest BCUT2D eigenvalue weighted by atomic mass is 16.5. The maximum Gasteiger partial charge on any atom is 0.260 e. The van der Waals surface area contributed by atoms with Crippen LogP contribution in [0, 0.1) is 11.8 Å². The van der Waals surface area contributed by atoms with E-state index in [0.717, 1.165) is 12.3 Å². The van der Waals surface area contributed by atoms with Crippen molar-refractivity contribution in [1.82, 2.24) is 14.9 Å². The van der Waals surface area contributed by atoms with Crippen LogP contribution in [0.15, 0.2) is 47.5 Å². The third-order valence-corrected chi connectivity index (χ3v) is 5.23. The molecule has 2 aliphatic rings. The van der Waals surface area contributed by atoms with E-state index in [4.69, 9.17) is 4.74 Å². The number of carbonyl (C=O) groups is 1. The van der Waals surface area contributed by atoms with Crippen molar-refractivity contribution in [1.29, 1.82) is 0 Å². The van der Waals surface area contributed by atoms with Crippen molar-refractivity contribution in [2.75, 3.05) is 26.3 Å². The molecule has 0 unspecified atom stereocenters. The molecule has 1 aliphatic heterocycles. The first kappa shape index (κ1) is 17.0. The van der Waals surface area contributed by atoms with Crippen molar-refractivity contribution in [2.45, 2.75) is 18.8 Å². The van der Waals surface area contributed by atoms with Gasteiger partial charge in [-0.3, -0.25) is 14.6 Å². The maximum absolute atomic E-state index is 12.8. The SMILES string of the molecule is O=C(c1ccc[nH]c1=O)N1C[C@@H](COCC2CC2)[C@H](c2ccccn2)C1. The number of rotatable bonds is 6. The van der Waals surface area contributed by atoms with E-state index in [0.29, 0.717) is 25.6 Å². The van der Waals surface area contributed by atoms with Crippen LogP contribution in [-0.4, -0.2) is 47.1 Å². The summed E-state index contributed by atoms with van der Waals surface area (Å²) in [5.74, 6) is 0.806. The third kappa shape index (κ3) is 3.70.